The smallest absolute Gasteiger partial charge is 0.272 e. The second-order valence-corrected chi connectivity index (χ2v) is 2.42. The van der Waals surface area contributed by atoms with Crippen LogP contribution in [0.3, 0.4) is 0 Å². The SMILES string of the molecule is Cc1ncc(Cl)n(C)c1=O. The molecule has 4 heteroatoms. The van der Waals surface area contributed by atoms with E-state index in [9.17, 15) is 4.79 Å². The van der Waals surface area contributed by atoms with Gasteiger partial charge in [-0.25, -0.2) is 0 Å². The van der Waals surface area contributed by atoms with Gasteiger partial charge in [0.25, 0.3) is 5.56 Å². The summed E-state index contributed by atoms with van der Waals surface area (Å²) in [5, 5.41) is 0.357. The summed E-state index contributed by atoms with van der Waals surface area (Å²) in [5.41, 5.74) is 0.319. The summed E-state index contributed by atoms with van der Waals surface area (Å²) < 4.78 is 1.35. The Kier molecular flexibility index (Phi) is 1.76. The number of hydrogen-bond donors (Lipinski definition) is 0. The molecule has 0 spiro atoms. The Labute approximate surface area is 63.3 Å². The lowest BCUT2D eigenvalue weighted by atomic mass is 10.5. The van der Waals surface area contributed by atoms with Gasteiger partial charge in [0.05, 0.1) is 6.20 Å². The van der Waals surface area contributed by atoms with E-state index in [2.05, 4.69) is 4.98 Å². The van der Waals surface area contributed by atoms with Crippen molar-refractivity contribution in [3.8, 4) is 0 Å². The molecular weight excluding hydrogens is 152 g/mol. The third kappa shape index (κ3) is 1.04. The van der Waals surface area contributed by atoms with Crippen molar-refractivity contribution in [2.24, 2.45) is 7.05 Å². The van der Waals surface area contributed by atoms with Crippen LogP contribution in [0.1, 0.15) is 5.69 Å². The predicted octanol–water partition coefficient (Wildman–Crippen LogP) is 0.742. The van der Waals surface area contributed by atoms with Gasteiger partial charge < -0.3 is 0 Å². The summed E-state index contributed by atoms with van der Waals surface area (Å²) in [6.07, 6.45) is 1.46. The van der Waals surface area contributed by atoms with E-state index in [4.69, 9.17) is 11.6 Å². The third-order valence-corrected chi connectivity index (χ3v) is 1.65. The zero-order valence-electron chi connectivity index (χ0n) is 5.76. The van der Waals surface area contributed by atoms with Crippen LogP contribution >= 0.6 is 11.6 Å². The lowest BCUT2D eigenvalue weighted by Crippen LogP contribution is -2.20. The number of nitrogens with zero attached hydrogens (tertiary/aromatic N) is 2. The Bertz CT molecular complexity index is 305. The zero-order valence-corrected chi connectivity index (χ0v) is 6.51. The Hall–Kier alpha value is -0.830. The van der Waals surface area contributed by atoms with Crippen LogP contribution < -0.4 is 5.56 Å². The number of aromatic nitrogens is 2. The Morgan fingerprint density at radius 2 is 2.30 bits per heavy atom. The average molecular weight is 159 g/mol. The molecule has 0 bridgehead atoms. The fourth-order valence-electron chi connectivity index (χ4n) is 0.632. The molecule has 3 nitrogen and oxygen atoms in total. The van der Waals surface area contributed by atoms with Gasteiger partial charge in [-0.1, -0.05) is 11.6 Å². The Morgan fingerprint density at radius 3 is 2.80 bits per heavy atom. The maximum absolute atomic E-state index is 11.0. The molecule has 1 rings (SSSR count). The molecule has 0 saturated carbocycles. The molecule has 54 valence electrons. The molecule has 0 aliphatic carbocycles. The highest BCUT2D eigenvalue weighted by Gasteiger charge is 1.98. The first-order valence-corrected chi connectivity index (χ1v) is 3.19. The molecule has 1 heterocycles. The fourth-order valence-corrected chi connectivity index (χ4v) is 0.757. The monoisotopic (exact) mass is 158 g/mol. The van der Waals surface area contributed by atoms with Gasteiger partial charge in [0.1, 0.15) is 10.8 Å². The number of aryl methyl sites for hydroxylation is 1. The molecule has 1 aromatic heterocycles. The lowest BCUT2D eigenvalue weighted by molar-refractivity contribution is 0.823. The van der Waals surface area contributed by atoms with E-state index in [0.29, 0.717) is 10.8 Å². The maximum atomic E-state index is 11.0. The number of halogens is 1. The molecule has 0 aromatic carbocycles. The molecular formula is C6H7ClN2O. The molecule has 0 unspecified atom stereocenters. The van der Waals surface area contributed by atoms with Crippen LogP contribution in [-0.4, -0.2) is 9.55 Å². The first kappa shape index (κ1) is 7.28. The molecule has 0 radical (unpaired) electrons. The van der Waals surface area contributed by atoms with Gasteiger partial charge in [0, 0.05) is 7.05 Å². The van der Waals surface area contributed by atoms with E-state index in [0.717, 1.165) is 0 Å². The van der Waals surface area contributed by atoms with Crippen LogP contribution in [0.4, 0.5) is 0 Å². The molecule has 0 aliphatic heterocycles. The van der Waals surface area contributed by atoms with Gasteiger partial charge in [-0.15, -0.1) is 0 Å². The molecule has 0 fully saturated rings. The van der Waals surface area contributed by atoms with Crippen molar-refractivity contribution in [2.45, 2.75) is 6.92 Å². The molecule has 0 N–H and O–H groups in total. The largest absolute Gasteiger partial charge is 0.299 e. The van der Waals surface area contributed by atoms with Gasteiger partial charge in [0.2, 0.25) is 0 Å². The van der Waals surface area contributed by atoms with Crippen molar-refractivity contribution in [3.05, 3.63) is 27.4 Å². The second-order valence-electron chi connectivity index (χ2n) is 2.03. The maximum Gasteiger partial charge on any atom is 0.272 e. The Balaban J connectivity index is 3.50. The highest BCUT2D eigenvalue weighted by Crippen LogP contribution is 1.99. The van der Waals surface area contributed by atoms with Crippen molar-refractivity contribution in [1.29, 1.82) is 0 Å². The first-order chi connectivity index (χ1) is 4.63. The number of rotatable bonds is 0. The van der Waals surface area contributed by atoms with Crippen LogP contribution in [-0.2, 0) is 7.05 Å². The highest BCUT2D eigenvalue weighted by molar-refractivity contribution is 6.29. The van der Waals surface area contributed by atoms with Crippen molar-refractivity contribution in [2.75, 3.05) is 0 Å². The van der Waals surface area contributed by atoms with E-state index in [1.54, 1.807) is 14.0 Å². The quantitative estimate of drug-likeness (QED) is 0.558. The summed E-state index contributed by atoms with van der Waals surface area (Å²) in [6.45, 7) is 1.65. The van der Waals surface area contributed by atoms with E-state index < -0.39 is 0 Å². The van der Waals surface area contributed by atoms with Crippen molar-refractivity contribution < 1.29 is 0 Å². The summed E-state index contributed by atoms with van der Waals surface area (Å²) in [7, 11) is 1.61. The van der Waals surface area contributed by atoms with Gasteiger partial charge in [-0.2, -0.15) is 0 Å². The zero-order chi connectivity index (χ0) is 7.72. The lowest BCUT2D eigenvalue weighted by Gasteiger charge is -1.99. The normalized spacial score (nSPS) is 9.90. The molecule has 1 aromatic rings. The molecule has 0 aliphatic rings. The van der Waals surface area contributed by atoms with E-state index >= 15 is 0 Å². The minimum atomic E-state index is -0.146. The van der Waals surface area contributed by atoms with Crippen LogP contribution in [0, 0.1) is 6.92 Å². The minimum Gasteiger partial charge on any atom is -0.299 e. The summed E-state index contributed by atoms with van der Waals surface area (Å²) in [4.78, 5) is 14.8. The van der Waals surface area contributed by atoms with Crippen LogP contribution in [0.5, 0.6) is 0 Å². The summed E-state index contributed by atoms with van der Waals surface area (Å²) in [6, 6.07) is 0. The van der Waals surface area contributed by atoms with Gasteiger partial charge in [0.15, 0.2) is 0 Å². The predicted molar refractivity (Wildman–Crippen MR) is 39.2 cm³/mol. The van der Waals surface area contributed by atoms with Crippen LogP contribution in [0.15, 0.2) is 11.0 Å². The van der Waals surface area contributed by atoms with E-state index in [-0.39, 0.29) is 5.56 Å². The Morgan fingerprint density at radius 1 is 1.70 bits per heavy atom. The van der Waals surface area contributed by atoms with Crippen LogP contribution in [0.2, 0.25) is 5.15 Å². The molecule has 0 atom stereocenters. The first-order valence-electron chi connectivity index (χ1n) is 2.81. The second kappa shape index (κ2) is 2.42. The van der Waals surface area contributed by atoms with Crippen molar-refractivity contribution >= 4 is 11.6 Å². The minimum absolute atomic E-state index is 0.146. The van der Waals surface area contributed by atoms with Gasteiger partial charge in [-0.05, 0) is 6.92 Å². The molecule has 0 saturated heterocycles. The van der Waals surface area contributed by atoms with Crippen molar-refractivity contribution in [3.63, 3.8) is 0 Å². The highest BCUT2D eigenvalue weighted by atomic mass is 35.5. The summed E-state index contributed by atoms with van der Waals surface area (Å²) in [5.74, 6) is 0. The third-order valence-electron chi connectivity index (χ3n) is 1.30. The van der Waals surface area contributed by atoms with E-state index in [1.807, 2.05) is 0 Å². The molecule has 10 heavy (non-hydrogen) atoms. The fraction of sp³-hybridized carbons (Fsp3) is 0.333. The van der Waals surface area contributed by atoms with E-state index in [1.165, 1.54) is 10.8 Å². The van der Waals surface area contributed by atoms with Gasteiger partial charge >= 0.3 is 0 Å². The molecule has 0 amide bonds. The van der Waals surface area contributed by atoms with Crippen LogP contribution in [0.25, 0.3) is 0 Å². The standard InChI is InChI=1S/C6H7ClN2O/c1-4-6(10)9(2)5(7)3-8-4/h3H,1-2H3. The van der Waals surface area contributed by atoms with Gasteiger partial charge in [-0.3, -0.25) is 14.3 Å². The summed E-state index contributed by atoms with van der Waals surface area (Å²) >= 11 is 5.59. The van der Waals surface area contributed by atoms with Crippen molar-refractivity contribution in [1.82, 2.24) is 9.55 Å². The topological polar surface area (TPSA) is 34.9 Å². The number of hydrogen-bond acceptors (Lipinski definition) is 2. The average Bonchev–Trinajstić information content (AvgIpc) is 1.93.